The predicted molar refractivity (Wildman–Crippen MR) is 83.3 cm³/mol. The van der Waals surface area contributed by atoms with Crippen molar-refractivity contribution in [1.29, 1.82) is 0 Å². The topological polar surface area (TPSA) is 17.1 Å². The third-order valence-electron chi connectivity index (χ3n) is 3.66. The van der Waals surface area contributed by atoms with Crippen molar-refractivity contribution in [3.8, 4) is 0 Å². The van der Waals surface area contributed by atoms with E-state index in [0.29, 0.717) is 0 Å². The van der Waals surface area contributed by atoms with Crippen molar-refractivity contribution >= 4 is 17.9 Å². The van der Waals surface area contributed by atoms with Crippen molar-refractivity contribution in [2.75, 3.05) is 0 Å². The van der Waals surface area contributed by atoms with E-state index in [0.717, 1.165) is 11.1 Å². The summed E-state index contributed by atoms with van der Waals surface area (Å²) in [4.78, 5) is 12.0. The van der Waals surface area contributed by atoms with Crippen LogP contribution in [0.4, 0.5) is 0 Å². The Hall–Kier alpha value is -2.41. The van der Waals surface area contributed by atoms with Gasteiger partial charge in [-0.15, -0.1) is 0 Å². The second kappa shape index (κ2) is 5.30. The van der Waals surface area contributed by atoms with Crippen LogP contribution in [0.3, 0.4) is 0 Å². The maximum atomic E-state index is 12.0. The number of ketones is 1. The van der Waals surface area contributed by atoms with Crippen LogP contribution in [-0.2, 0) is 4.79 Å². The van der Waals surface area contributed by atoms with Gasteiger partial charge in [0.15, 0.2) is 5.78 Å². The third kappa shape index (κ3) is 2.35. The molecule has 0 bridgehead atoms. The molecule has 2 aromatic rings. The maximum Gasteiger partial charge on any atom is 0.156 e. The number of fused-ring (bicyclic) bond motifs is 1. The van der Waals surface area contributed by atoms with Crippen LogP contribution >= 0.6 is 0 Å². The minimum Gasteiger partial charge on any atom is -0.295 e. The summed E-state index contributed by atoms with van der Waals surface area (Å²) in [6, 6.07) is 18.2. The number of allylic oxidation sites excluding steroid dienone is 2. The van der Waals surface area contributed by atoms with E-state index < -0.39 is 0 Å². The van der Waals surface area contributed by atoms with Gasteiger partial charge in [-0.3, -0.25) is 4.79 Å². The molecule has 0 saturated heterocycles. The van der Waals surface area contributed by atoms with Gasteiger partial charge in [0.1, 0.15) is 0 Å². The van der Waals surface area contributed by atoms with E-state index in [2.05, 4.69) is 24.3 Å². The number of carbonyl (C=O) groups excluding carboxylic acids is 1. The minimum atomic E-state index is 0.0731. The zero-order chi connectivity index (χ0) is 13.9. The standard InChI is InChI=1S/C19H16O/c1-14(20)19(13-15-7-3-2-4-8-15)18-12-11-16-9-5-6-10-17(16)18/h2-13,18H,1H3. The molecule has 1 aliphatic rings. The molecule has 2 aromatic carbocycles. The summed E-state index contributed by atoms with van der Waals surface area (Å²) in [5.74, 6) is 0.198. The highest BCUT2D eigenvalue weighted by Gasteiger charge is 2.23. The first kappa shape index (κ1) is 12.6. The van der Waals surface area contributed by atoms with Gasteiger partial charge in [0, 0.05) is 11.5 Å². The lowest BCUT2D eigenvalue weighted by atomic mass is 9.89. The molecular formula is C19H16O. The van der Waals surface area contributed by atoms with Crippen molar-refractivity contribution in [2.24, 2.45) is 0 Å². The van der Waals surface area contributed by atoms with E-state index in [9.17, 15) is 4.79 Å². The minimum absolute atomic E-state index is 0.0731. The second-order valence-electron chi connectivity index (χ2n) is 5.03. The molecule has 0 aliphatic heterocycles. The molecule has 0 fully saturated rings. The van der Waals surface area contributed by atoms with Gasteiger partial charge in [0.05, 0.1) is 0 Å². The fourth-order valence-electron chi connectivity index (χ4n) is 2.66. The monoisotopic (exact) mass is 260 g/mol. The molecule has 0 spiro atoms. The average molecular weight is 260 g/mol. The van der Waals surface area contributed by atoms with Gasteiger partial charge >= 0.3 is 0 Å². The van der Waals surface area contributed by atoms with E-state index in [1.807, 2.05) is 48.5 Å². The molecule has 20 heavy (non-hydrogen) atoms. The summed E-state index contributed by atoms with van der Waals surface area (Å²) in [6.07, 6.45) is 6.21. The molecule has 1 heteroatoms. The Morgan fingerprint density at radius 3 is 2.45 bits per heavy atom. The molecule has 98 valence electrons. The lowest BCUT2D eigenvalue weighted by Gasteiger charge is -2.13. The normalized spacial score (nSPS) is 17.1. The first-order chi connectivity index (χ1) is 9.75. The second-order valence-corrected chi connectivity index (χ2v) is 5.03. The van der Waals surface area contributed by atoms with Gasteiger partial charge in [-0.25, -0.2) is 0 Å². The zero-order valence-electron chi connectivity index (χ0n) is 11.4. The SMILES string of the molecule is CC(=O)C(=Cc1ccccc1)C1C=Cc2ccccc21. The summed E-state index contributed by atoms with van der Waals surface area (Å²) >= 11 is 0. The average Bonchev–Trinajstić information content (AvgIpc) is 2.89. The van der Waals surface area contributed by atoms with Crippen molar-refractivity contribution in [1.82, 2.24) is 0 Å². The van der Waals surface area contributed by atoms with Crippen LogP contribution in [0.1, 0.15) is 29.5 Å². The number of carbonyl (C=O) groups is 1. The molecule has 0 saturated carbocycles. The summed E-state index contributed by atoms with van der Waals surface area (Å²) < 4.78 is 0. The Morgan fingerprint density at radius 2 is 1.70 bits per heavy atom. The fraction of sp³-hybridized carbons (Fsp3) is 0.105. The molecule has 1 nitrogen and oxygen atoms in total. The molecule has 3 rings (SSSR count). The van der Waals surface area contributed by atoms with E-state index >= 15 is 0 Å². The maximum absolute atomic E-state index is 12.0. The van der Waals surface area contributed by atoms with Gasteiger partial charge in [-0.2, -0.15) is 0 Å². The van der Waals surface area contributed by atoms with Crippen LogP contribution in [0.15, 0.2) is 66.2 Å². The molecule has 0 radical (unpaired) electrons. The van der Waals surface area contributed by atoms with Crippen LogP contribution in [0.2, 0.25) is 0 Å². The fourth-order valence-corrected chi connectivity index (χ4v) is 2.66. The Balaban J connectivity index is 2.04. The molecule has 0 amide bonds. The van der Waals surface area contributed by atoms with Crippen molar-refractivity contribution in [2.45, 2.75) is 12.8 Å². The van der Waals surface area contributed by atoms with Gasteiger partial charge in [0.2, 0.25) is 0 Å². The highest BCUT2D eigenvalue weighted by Crippen LogP contribution is 2.36. The van der Waals surface area contributed by atoms with Gasteiger partial charge in [-0.1, -0.05) is 66.7 Å². The highest BCUT2D eigenvalue weighted by molar-refractivity contribution is 6.00. The largest absolute Gasteiger partial charge is 0.295 e. The molecular weight excluding hydrogens is 244 g/mol. The quantitative estimate of drug-likeness (QED) is 0.744. The number of hydrogen-bond donors (Lipinski definition) is 0. The van der Waals surface area contributed by atoms with E-state index in [1.165, 1.54) is 11.1 Å². The van der Waals surface area contributed by atoms with E-state index in [4.69, 9.17) is 0 Å². The zero-order valence-corrected chi connectivity index (χ0v) is 11.4. The van der Waals surface area contributed by atoms with Gasteiger partial charge in [0.25, 0.3) is 0 Å². The number of rotatable bonds is 3. The number of hydrogen-bond acceptors (Lipinski definition) is 1. The molecule has 1 unspecified atom stereocenters. The third-order valence-corrected chi connectivity index (χ3v) is 3.66. The van der Waals surface area contributed by atoms with Crippen molar-refractivity contribution < 1.29 is 4.79 Å². The number of benzene rings is 2. The lowest BCUT2D eigenvalue weighted by Crippen LogP contribution is -2.06. The summed E-state index contributed by atoms with van der Waals surface area (Å²) in [6.45, 7) is 1.64. The van der Waals surface area contributed by atoms with Crippen LogP contribution in [0.25, 0.3) is 12.2 Å². The Morgan fingerprint density at radius 1 is 1.00 bits per heavy atom. The van der Waals surface area contributed by atoms with Crippen molar-refractivity contribution in [3.63, 3.8) is 0 Å². The first-order valence-electron chi connectivity index (χ1n) is 6.80. The number of Topliss-reactive ketones (excluding diaryl/α,β-unsaturated/α-hetero) is 1. The van der Waals surface area contributed by atoms with E-state index in [1.54, 1.807) is 6.92 Å². The predicted octanol–water partition coefficient (Wildman–Crippen LogP) is 4.47. The van der Waals surface area contributed by atoms with Gasteiger partial charge < -0.3 is 0 Å². The van der Waals surface area contributed by atoms with Crippen molar-refractivity contribution in [3.05, 3.63) is 82.9 Å². The Bertz CT molecular complexity index is 693. The molecule has 1 atom stereocenters. The summed E-state index contributed by atoms with van der Waals surface area (Å²) in [5.41, 5.74) is 4.33. The van der Waals surface area contributed by atoms with Gasteiger partial charge in [-0.05, 0) is 29.7 Å². The molecule has 0 aromatic heterocycles. The summed E-state index contributed by atoms with van der Waals surface area (Å²) in [7, 11) is 0. The Labute approximate surface area is 119 Å². The van der Waals surface area contributed by atoms with Crippen LogP contribution in [-0.4, -0.2) is 5.78 Å². The molecule has 0 N–H and O–H groups in total. The highest BCUT2D eigenvalue weighted by atomic mass is 16.1. The first-order valence-corrected chi connectivity index (χ1v) is 6.80. The van der Waals surface area contributed by atoms with E-state index in [-0.39, 0.29) is 11.7 Å². The molecule has 1 aliphatic carbocycles. The molecule has 0 heterocycles. The summed E-state index contributed by atoms with van der Waals surface area (Å²) in [5, 5.41) is 0. The Kier molecular flexibility index (Phi) is 3.34. The van der Waals surface area contributed by atoms with Crippen LogP contribution in [0, 0.1) is 0 Å². The smallest absolute Gasteiger partial charge is 0.156 e. The van der Waals surface area contributed by atoms with Crippen LogP contribution < -0.4 is 0 Å². The van der Waals surface area contributed by atoms with Crippen LogP contribution in [0.5, 0.6) is 0 Å². The lowest BCUT2D eigenvalue weighted by molar-refractivity contribution is -0.113.